The Kier molecular flexibility index (Phi) is 7.17. The van der Waals surface area contributed by atoms with Crippen LogP contribution in [0.5, 0.6) is 11.5 Å². The Morgan fingerprint density at radius 1 is 1.03 bits per heavy atom. The molecule has 160 valence electrons. The first kappa shape index (κ1) is 21.5. The highest BCUT2D eigenvalue weighted by Gasteiger charge is 2.16. The molecule has 1 aliphatic heterocycles. The summed E-state index contributed by atoms with van der Waals surface area (Å²) in [4.78, 5) is 27.8. The van der Waals surface area contributed by atoms with Crippen molar-refractivity contribution in [2.75, 3.05) is 38.8 Å². The number of rotatable bonds is 8. The number of hydrogen-bond donors (Lipinski definition) is 1. The minimum atomic E-state index is -0.580. The predicted molar refractivity (Wildman–Crippen MR) is 116 cm³/mol. The summed E-state index contributed by atoms with van der Waals surface area (Å²) in [7, 11) is 3.25. The highest BCUT2D eigenvalue weighted by Crippen LogP contribution is 2.28. The summed E-state index contributed by atoms with van der Waals surface area (Å²) in [5.41, 5.74) is 7.89. The van der Waals surface area contributed by atoms with Crippen molar-refractivity contribution in [3.05, 3.63) is 53.6 Å². The zero-order valence-electron chi connectivity index (χ0n) is 17.6. The molecule has 7 nitrogen and oxygen atoms in total. The van der Waals surface area contributed by atoms with E-state index in [1.165, 1.54) is 32.1 Å². The van der Waals surface area contributed by atoms with Crippen molar-refractivity contribution in [3.8, 4) is 11.5 Å². The molecule has 2 amide bonds. The fraction of sp³-hybridized carbons (Fsp3) is 0.391. The van der Waals surface area contributed by atoms with Gasteiger partial charge in [0.15, 0.2) is 18.1 Å². The van der Waals surface area contributed by atoms with Crippen LogP contribution in [0.4, 0.5) is 5.69 Å². The van der Waals surface area contributed by atoms with Crippen LogP contribution in [0.2, 0.25) is 0 Å². The summed E-state index contributed by atoms with van der Waals surface area (Å²) in [6, 6.07) is 13.3. The van der Waals surface area contributed by atoms with Crippen LogP contribution in [0, 0.1) is 0 Å². The third-order valence-electron chi connectivity index (χ3n) is 5.20. The van der Waals surface area contributed by atoms with Gasteiger partial charge in [-0.3, -0.25) is 9.59 Å². The van der Waals surface area contributed by atoms with Crippen molar-refractivity contribution >= 4 is 17.5 Å². The van der Waals surface area contributed by atoms with Gasteiger partial charge in [-0.25, -0.2) is 0 Å². The summed E-state index contributed by atoms with van der Waals surface area (Å²) in [5, 5.41) is 0. The van der Waals surface area contributed by atoms with Gasteiger partial charge >= 0.3 is 0 Å². The lowest BCUT2D eigenvalue weighted by Crippen LogP contribution is -2.29. The molecule has 1 heterocycles. The van der Waals surface area contributed by atoms with Gasteiger partial charge in [0, 0.05) is 37.9 Å². The molecule has 2 aromatic rings. The molecular formula is C23H29N3O4. The van der Waals surface area contributed by atoms with Crippen molar-refractivity contribution in [3.63, 3.8) is 0 Å². The summed E-state index contributed by atoms with van der Waals surface area (Å²) in [6.45, 7) is 2.47. The van der Waals surface area contributed by atoms with Gasteiger partial charge in [-0.05, 0) is 55.2 Å². The lowest BCUT2D eigenvalue weighted by molar-refractivity contribution is -0.119. The van der Waals surface area contributed by atoms with Crippen LogP contribution in [0.15, 0.2) is 42.5 Å². The number of piperidine rings is 1. The summed E-state index contributed by atoms with van der Waals surface area (Å²) in [5.74, 6) is 0.0308. The fourth-order valence-electron chi connectivity index (χ4n) is 3.60. The summed E-state index contributed by atoms with van der Waals surface area (Å²) < 4.78 is 10.6. The molecule has 30 heavy (non-hydrogen) atoms. The van der Waals surface area contributed by atoms with Crippen molar-refractivity contribution in [2.24, 2.45) is 5.73 Å². The van der Waals surface area contributed by atoms with Crippen LogP contribution in [-0.2, 0) is 11.3 Å². The number of methoxy groups -OCH3 is 1. The van der Waals surface area contributed by atoms with Gasteiger partial charge in [0.2, 0.25) is 0 Å². The van der Waals surface area contributed by atoms with Gasteiger partial charge in [0.05, 0.1) is 7.11 Å². The second-order valence-electron chi connectivity index (χ2n) is 7.50. The highest BCUT2D eigenvalue weighted by atomic mass is 16.5. The van der Waals surface area contributed by atoms with E-state index in [2.05, 4.69) is 29.2 Å². The van der Waals surface area contributed by atoms with Crippen LogP contribution in [0.3, 0.4) is 0 Å². The topological polar surface area (TPSA) is 85.1 Å². The fourth-order valence-corrected chi connectivity index (χ4v) is 3.60. The molecular weight excluding hydrogens is 382 g/mol. The normalized spacial score (nSPS) is 13.6. The van der Waals surface area contributed by atoms with Crippen LogP contribution in [-0.4, -0.2) is 50.6 Å². The molecule has 2 aromatic carbocycles. The standard InChI is InChI=1S/C23H29N3O4/c1-25(15-17-6-9-19(10-7-17)26-12-4-3-5-13-26)23(28)18-8-11-20(21(14-18)29-2)30-16-22(24)27/h6-11,14H,3-5,12-13,15-16H2,1-2H3,(H2,24,27). The third-order valence-corrected chi connectivity index (χ3v) is 5.20. The molecule has 0 unspecified atom stereocenters. The minimum absolute atomic E-state index is 0.130. The van der Waals surface area contributed by atoms with Gasteiger partial charge in [-0.2, -0.15) is 0 Å². The van der Waals surface area contributed by atoms with E-state index in [1.807, 2.05) is 0 Å². The van der Waals surface area contributed by atoms with Gasteiger partial charge in [-0.15, -0.1) is 0 Å². The first-order chi connectivity index (χ1) is 14.5. The zero-order chi connectivity index (χ0) is 21.5. The van der Waals surface area contributed by atoms with E-state index >= 15 is 0 Å². The Bertz CT molecular complexity index is 877. The number of ether oxygens (including phenoxy) is 2. The van der Waals surface area contributed by atoms with Crippen LogP contribution >= 0.6 is 0 Å². The van der Waals surface area contributed by atoms with E-state index < -0.39 is 5.91 Å². The first-order valence-electron chi connectivity index (χ1n) is 10.2. The molecule has 1 fully saturated rings. The average molecular weight is 412 g/mol. The van der Waals surface area contributed by atoms with Crippen molar-refractivity contribution < 1.29 is 19.1 Å². The van der Waals surface area contributed by atoms with Gasteiger partial charge in [0.25, 0.3) is 11.8 Å². The molecule has 0 atom stereocenters. The van der Waals surface area contributed by atoms with E-state index in [0.29, 0.717) is 23.6 Å². The SMILES string of the molecule is COc1cc(C(=O)N(C)Cc2ccc(N3CCCCC3)cc2)ccc1OCC(N)=O. The van der Waals surface area contributed by atoms with E-state index in [0.717, 1.165) is 18.7 Å². The number of carbonyl (C=O) groups is 2. The van der Waals surface area contributed by atoms with E-state index in [9.17, 15) is 9.59 Å². The zero-order valence-corrected chi connectivity index (χ0v) is 17.6. The first-order valence-corrected chi connectivity index (χ1v) is 10.2. The van der Waals surface area contributed by atoms with E-state index in [1.54, 1.807) is 30.1 Å². The van der Waals surface area contributed by atoms with Crippen molar-refractivity contribution in [1.29, 1.82) is 0 Å². The maximum absolute atomic E-state index is 12.9. The molecule has 1 aliphatic rings. The number of benzene rings is 2. The average Bonchev–Trinajstić information content (AvgIpc) is 2.78. The maximum atomic E-state index is 12.9. The predicted octanol–water partition coefficient (Wildman–Crippen LogP) is 2.82. The summed E-state index contributed by atoms with van der Waals surface area (Å²) >= 11 is 0. The van der Waals surface area contributed by atoms with Crippen molar-refractivity contribution in [1.82, 2.24) is 4.90 Å². The third kappa shape index (κ3) is 5.43. The number of amides is 2. The molecule has 0 bridgehead atoms. The lowest BCUT2D eigenvalue weighted by Gasteiger charge is -2.29. The molecule has 1 saturated heterocycles. The second kappa shape index (κ2) is 10.0. The van der Waals surface area contributed by atoms with Crippen LogP contribution in [0.25, 0.3) is 0 Å². The Hall–Kier alpha value is -3.22. The molecule has 0 radical (unpaired) electrons. The van der Waals surface area contributed by atoms with Gasteiger partial charge < -0.3 is 25.0 Å². The number of nitrogens with zero attached hydrogens (tertiary/aromatic N) is 2. The smallest absolute Gasteiger partial charge is 0.255 e. The van der Waals surface area contributed by atoms with Crippen LogP contribution in [0.1, 0.15) is 35.2 Å². The second-order valence-corrected chi connectivity index (χ2v) is 7.50. The number of primary amides is 1. The lowest BCUT2D eigenvalue weighted by atomic mass is 10.1. The molecule has 3 rings (SSSR count). The molecule has 0 aliphatic carbocycles. The monoisotopic (exact) mass is 411 g/mol. The van der Waals surface area contributed by atoms with Gasteiger partial charge in [0.1, 0.15) is 0 Å². The maximum Gasteiger partial charge on any atom is 0.255 e. The van der Waals surface area contributed by atoms with E-state index in [-0.39, 0.29) is 12.5 Å². The highest BCUT2D eigenvalue weighted by molar-refractivity contribution is 5.94. The number of nitrogens with two attached hydrogens (primary N) is 1. The Balaban J connectivity index is 1.64. The molecule has 0 spiro atoms. The van der Waals surface area contributed by atoms with Gasteiger partial charge in [-0.1, -0.05) is 12.1 Å². The quantitative estimate of drug-likeness (QED) is 0.722. The minimum Gasteiger partial charge on any atom is -0.493 e. The number of hydrogen-bond acceptors (Lipinski definition) is 5. The van der Waals surface area contributed by atoms with Crippen LogP contribution < -0.4 is 20.1 Å². The van der Waals surface area contributed by atoms with Crippen molar-refractivity contribution in [2.45, 2.75) is 25.8 Å². The Morgan fingerprint density at radius 2 is 1.73 bits per heavy atom. The number of carbonyl (C=O) groups excluding carboxylic acids is 2. The molecule has 7 heteroatoms. The Labute approximate surface area is 177 Å². The molecule has 0 saturated carbocycles. The van der Waals surface area contributed by atoms with E-state index in [4.69, 9.17) is 15.2 Å². The molecule has 0 aromatic heterocycles. The Morgan fingerprint density at radius 3 is 2.37 bits per heavy atom. The number of anilines is 1. The largest absolute Gasteiger partial charge is 0.493 e. The summed E-state index contributed by atoms with van der Waals surface area (Å²) in [6.07, 6.45) is 3.80. The molecule has 2 N–H and O–H groups in total.